The number of hydrogen-bond acceptors (Lipinski definition) is 2. The van der Waals surface area contributed by atoms with Crippen molar-refractivity contribution in [3.63, 3.8) is 0 Å². The molecular weight excluding hydrogens is 269 g/mol. The van der Waals surface area contributed by atoms with E-state index in [1.54, 1.807) is 0 Å². The second kappa shape index (κ2) is 7.89. The molecule has 0 aliphatic carbocycles. The molecule has 6 heteroatoms. The van der Waals surface area contributed by atoms with Crippen LogP contribution >= 0.6 is 0 Å². The van der Waals surface area contributed by atoms with Crippen molar-refractivity contribution in [2.45, 2.75) is 31.9 Å². The second-order valence-corrected chi connectivity index (χ2v) is 4.57. The van der Waals surface area contributed by atoms with Gasteiger partial charge in [-0.3, -0.25) is 4.79 Å². The van der Waals surface area contributed by atoms with Crippen LogP contribution in [0.15, 0.2) is 24.3 Å². The first-order valence-corrected chi connectivity index (χ1v) is 6.56. The summed E-state index contributed by atoms with van der Waals surface area (Å²) in [5.41, 5.74) is 5.21. The molecule has 1 amide bonds. The van der Waals surface area contributed by atoms with Gasteiger partial charge in [-0.1, -0.05) is 18.6 Å². The zero-order chi connectivity index (χ0) is 15.0. The molecule has 0 atom stereocenters. The average Bonchev–Trinajstić information content (AvgIpc) is 2.38. The minimum absolute atomic E-state index is 0.0923. The summed E-state index contributed by atoms with van der Waals surface area (Å²) < 4.78 is 37.1. The monoisotopic (exact) mass is 288 g/mol. The van der Waals surface area contributed by atoms with Gasteiger partial charge in [-0.2, -0.15) is 13.2 Å². The summed E-state index contributed by atoms with van der Waals surface area (Å²) in [5, 5.41) is 2.73. The van der Waals surface area contributed by atoms with Crippen molar-refractivity contribution >= 4 is 5.91 Å². The number of halogens is 3. The highest BCUT2D eigenvalue weighted by Crippen LogP contribution is 2.29. The summed E-state index contributed by atoms with van der Waals surface area (Å²) in [5.74, 6) is -0.183. The Labute approximate surface area is 116 Å². The minimum atomic E-state index is -4.34. The molecule has 0 saturated heterocycles. The van der Waals surface area contributed by atoms with Crippen LogP contribution in [0.2, 0.25) is 0 Å². The predicted molar refractivity (Wildman–Crippen MR) is 71.1 cm³/mol. The highest BCUT2D eigenvalue weighted by molar-refractivity contribution is 5.78. The van der Waals surface area contributed by atoms with E-state index < -0.39 is 11.7 Å². The van der Waals surface area contributed by atoms with Crippen molar-refractivity contribution in [3.05, 3.63) is 35.4 Å². The standard InChI is InChI=1S/C14H19F3N2O/c15-14(16,17)12-6-4-11(5-7-12)10-13(20)19-9-3-1-2-8-18/h4-7H,1-3,8-10,18H2,(H,19,20). The third-order valence-corrected chi connectivity index (χ3v) is 2.85. The first-order chi connectivity index (χ1) is 9.43. The fraction of sp³-hybridized carbons (Fsp3) is 0.500. The minimum Gasteiger partial charge on any atom is -0.356 e. The molecule has 0 radical (unpaired) electrons. The molecule has 0 spiro atoms. The number of carbonyl (C=O) groups excluding carboxylic acids is 1. The number of hydrogen-bond donors (Lipinski definition) is 2. The van der Waals surface area contributed by atoms with Crippen molar-refractivity contribution in [1.29, 1.82) is 0 Å². The van der Waals surface area contributed by atoms with Crippen LogP contribution in [-0.2, 0) is 17.4 Å². The van der Waals surface area contributed by atoms with E-state index in [4.69, 9.17) is 5.73 Å². The summed E-state index contributed by atoms with van der Waals surface area (Å²) in [4.78, 5) is 11.6. The second-order valence-electron chi connectivity index (χ2n) is 4.57. The number of nitrogens with one attached hydrogen (secondary N) is 1. The zero-order valence-electron chi connectivity index (χ0n) is 11.2. The highest BCUT2D eigenvalue weighted by Gasteiger charge is 2.29. The number of alkyl halides is 3. The van der Waals surface area contributed by atoms with E-state index in [1.807, 2.05) is 0 Å². The van der Waals surface area contributed by atoms with Gasteiger partial charge in [0, 0.05) is 6.54 Å². The number of unbranched alkanes of at least 4 members (excludes halogenated alkanes) is 2. The zero-order valence-corrected chi connectivity index (χ0v) is 11.2. The normalized spacial score (nSPS) is 11.4. The molecule has 1 aromatic rings. The lowest BCUT2D eigenvalue weighted by atomic mass is 10.1. The lowest BCUT2D eigenvalue weighted by molar-refractivity contribution is -0.137. The van der Waals surface area contributed by atoms with Gasteiger partial charge < -0.3 is 11.1 Å². The van der Waals surface area contributed by atoms with Crippen LogP contribution in [0.25, 0.3) is 0 Å². The van der Waals surface area contributed by atoms with Gasteiger partial charge in [0.15, 0.2) is 0 Å². The molecule has 0 saturated carbocycles. The smallest absolute Gasteiger partial charge is 0.356 e. The Hall–Kier alpha value is -1.56. The molecule has 0 bridgehead atoms. The maximum absolute atomic E-state index is 12.4. The molecule has 0 aromatic heterocycles. The van der Waals surface area contributed by atoms with Gasteiger partial charge in [-0.15, -0.1) is 0 Å². The summed E-state index contributed by atoms with van der Waals surface area (Å²) in [6.45, 7) is 1.21. The van der Waals surface area contributed by atoms with Crippen molar-refractivity contribution < 1.29 is 18.0 Å². The van der Waals surface area contributed by atoms with E-state index in [0.29, 0.717) is 18.7 Å². The third kappa shape index (κ3) is 6.06. The molecule has 1 aromatic carbocycles. The Morgan fingerprint density at radius 1 is 1.10 bits per heavy atom. The molecule has 1 rings (SSSR count). The van der Waals surface area contributed by atoms with Crippen LogP contribution in [-0.4, -0.2) is 19.0 Å². The van der Waals surface area contributed by atoms with E-state index in [0.717, 1.165) is 31.4 Å². The van der Waals surface area contributed by atoms with Crippen LogP contribution in [0.3, 0.4) is 0 Å². The molecule has 0 aliphatic rings. The van der Waals surface area contributed by atoms with E-state index in [-0.39, 0.29) is 12.3 Å². The van der Waals surface area contributed by atoms with Crippen molar-refractivity contribution in [2.75, 3.05) is 13.1 Å². The van der Waals surface area contributed by atoms with E-state index in [2.05, 4.69) is 5.32 Å². The SMILES string of the molecule is NCCCCCNC(=O)Cc1ccc(C(F)(F)F)cc1. The number of benzene rings is 1. The van der Waals surface area contributed by atoms with Gasteiger partial charge in [0.25, 0.3) is 0 Å². The van der Waals surface area contributed by atoms with Gasteiger partial charge in [-0.05, 0) is 37.1 Å². The molecule has 3 N–H and O–H groups in total. The predicted octanol–water partition coefficient (Wildman–Crippen LogP) is 2.49. The van der Waals surface area contributed by atoms with Crippen LogP contribution in [0.1, 0.15) is 30.4 Å². The van der Waals surface area contributed by atoms with Crippen molar-refractivity contribution in [1.82, 2.24) is 5.32 Å². The van der Waals surface area contributed by atoms with Gasteiger partial charge >= 0.3 is 6.18 Å². The Morgan fingerprint density at radius 3 is 2.30 bits per heavy atom. The van der Waals surface area contributed by atoms with Crippen LogP contribution < -0.4 is 11.1 Å². The Bertz CT molecular complexity index is 415. The fourth-order valence-electron chi connectivity index (χ4n) is 1.73. The first kappa shape index (κ1) is 16.5. The number of amides is 1. The molecule has 112 valence electrons. The maximum atomic E-state index is 12.4. The van der Waals surface area contributed by atoms with Gasteiger partial charge in [0.1, 0.15) is 0 Å². The van der Waals surface area contributed by atoms with Gasteiger partial charge in [0.2, 0.25) is 5.91 Å². The Kier molecular flexibility index (Phi) is 6.51. The van der Waals surface area contributed by atoms with Crippen molar-refractivity contribution in [3.8, 4) is 0 Å². The fourth-order valence-corrected chi connectivity index (χ4v) is 1.73. The molecule has 20 heavy (non-hydrogen) atoms. The molecule has 0 unspecified atom stereocenters. The number of nitrogens with two attached hydrogens (primary N) is 1. The third-order valence-electron chi connectivity index (χ3n) is 2.85. The molecule has 0 fully saturated rings. The lowest BCUT2D eigenvalue weighted by Gasteiger charge is -2.08. The lowest BCUT2D eigenvalue weighted by Crippen LogP contribution is -2.26. The Morgan fingerprint density at radius 2 is 1.75 bits per heavy atom. The molecule has 0 heterocycles. The molecule has 0 aliphatic heterocycles. The summed E-state index contributed by atoms with van der Waals surface area (Å²) in [6.07, 6.45) is -1.51. The van der Waals surface area contributed by atoms with Gasteiger partial charge in [0.05, 0.1) is 12.0 Å². The topological polar surface area (TPSA) is 55.1 Å². The van der Waals surface area contributed by atoms with E-state index >= 15 is 0 Å². The van der Waals surface area contributed by atoms with Crippen LogP contribution in [0.5, 0.6) is 0 Å². The van der Waals surface area contributed by atoms with E-state index in [9.17, 15) is 18.0 Å². The quantitative estimate of drug-likeness (QED) is 0.757. The molecule has 3 nitrogen and oxygen atoms in total. The van der Waals surface area contributed by atoms with Crippen LogP contribution in [0, 0.1) is 0 Å². The van der Waals surface area contributed by atoms with Crippen molar-refractivity contribution in [2.24, 2.45) is 5.73 Å². The summed E-state index contributed by atoms with van der Waals surface area (Å²) >= 11 is 0. The summed E-state index contributed by atoms with van der Waals surface area (Å²) in [6, 6.07) is 4.64. The maximum Gasteiger partial charge on any atom is 0.416 e. The number of carbonyl (C=O) groups is 1. The largest absolute Gasteiger partial charge is 0.416 e. The highest BCUT2D eigenvalue weighted by atomic mass is 19.4. The van der Waals surface area contributed by atoms with Crippen LogP contribution in [0.4, 0.5) is 13.2 Å². The molecular formula is C14H19F3N2O. The summed E-state index contributed by atoms with van der Waals surface area (Å²) in [7, 11) is 0. The number of rotatable bonds is 7. The van der Waals surface area contributed by atoms with E-state index in [1.165, 1.54) is 12.1 Å². The first-order valence-electron chi connectivity index (χ1n) is 6.56. The van der Waals surface area contributed by atoms with Gasteiger partial charge in [-0.25, -0.2) is 0 Å². The Balaban J connectivity index is 2.35. The average molecular weight is 288 g/mol.